The molecule has 2 aromatic rings. The Balaban J connectivity index is 1.56. The average Bonchev–Trinajstić information content (AvgIpc) is 3.08. The van der Waals surface area contributed by atoms with Gasteiger partial charge in [0.1, 0.15) is 30.0 Å². The van der Waals surface area contributed by atoms with E-state index in [1.54, 1.807) is 24.3 Å². The fourth-order valence-corrected chi connectivity index (χ4v) is 3.44. The largest absolute Gasteiger partial charge is 0.506 e. The molecule has 1 unspecified atom stereocenters. The summed E-state index contributed by atoms with van der Waals surface area (Å²) in [7, 11) is 1.45. The number of aliphatic hydroxyl groups is 1. The molecule has 2 amide bonds. The second-order valence-electron chi connectivity index (χ2n) is 6.98. The Kier molecular flexibility index (Phi) is 7.48. The van der Waals surface area contributed by atoms with Gasteiger partial charge in [-0.3, -0.25) is 9.59 Å². The number of ether oxygens (including phenoxy) is 2. The predicted molar refractivity (Wildman–Crippen MR) is 115 cm³/mol. The molecule has 2 aromatic carbocycles. The van der Waals surface area contributed by atoms with E-state index in [0.717, 1.165) is 0 Å². The molecule has 0 bridgehead atoms. The van der Waals surface area contributed by atoms with Gasteiger partial charge < -0.3 is 29.9 Å². The summed E-state index contributed by atoms with van der Waals surface area (Å²) in [6, 6.07) is 9.21. The average molecular weight is 469 g/mol. The van der Waals surface area contributed by atoms with Crippen molar-refractivity contribution >= 4 is 35.0 Å². The van der Waals surface area contributed by atoms with Crippen molar-refractivity contribution in [1.82, 2.24) is 10.2 Å². The van der Waals surface area contributed by atoms with Gasteiger partial charge in [-0.2, -0.15) is 0 Å². The molecule has 10 heteroatoms. The number of nitrogens with zero attached hydrogens (tertiary/aromatic N) is 1. The zero-order valence-corrected chi connectivity index (χ0v) is 18.2. The lowest BCUT2D eigenvalue weighted by Crippen LogP contribution is -2.39. The van der Waals surface area contributed by atoms with Crippen molar-refractivity contribution < 1.29 is 29.3 Å². The molecule has 1 saturated heterocycles. The fourth-order valence-electron chi connectivity index (χ4n) is 3.15. The van der Waals surface area contributed by atoms with E-state index in [0.29, 0.717) is 23.7 Å². The molecule has 3 rings (SSSR count). The third-order valence-corrected chi connectivity index (χ3v) is 5.28. The topological polar surface area (TPSA) is 108 Å². The SMILES string of the molecule is CNC(=O)c1cc(Cl)c(O)cc1OC[C@@H](O)CN1CCC(Oc2ccc(Cl)cc2)C1=O. The summed E-state index contributed by atoms with van der Waals surface area (Å²) < 4.78 is 11.2. The van der Waals surface area contributed by atoms with Crippen LogP contribution in [0.4, 0.5) is 0 Å². The molecule has 1 aliphatic rings. The van der Waals surface area contributed by atoms with Gasteiger partial charge >= 0.3 is 0 Å². The van der Waals surface area contributed by atoms with Crippen LogP contribution >= 0.6 is 23.2 Å². The van der Waals surface area contributed by atoms with Crippen LogP contribution in [-0.2, 0) is 4.79 Å². The van der Waals surface area contributed by atoms with Crippen molar-refractivity contribution in [3.63, 3.8) is 0 Å². The summed E-state index contributed by atoms with van der Waals surface area (Å²) in [6.07, 6.45) is -1.17. The summed E-state index contributed by atoms with van der Waals surface area (Å²) in [6.45, 7) is 0.269. The van der Waals surface area contributed by atoms with E-state index in [9.17, 15) is 19.8 Å². The maximum absolute atomic E-state index is 12.6. The predicted octanol–water partition coefficient (Wildman–Crippen LogP) is 2.48. The Bertz CT molecular complexity index is 954. The number of nitrogens with one attached hydrogen (secondary N) is 1. The van der Waals surface area contributed by atoms with E-state index in [1.165, 1.54) is 24.1 Å². The Morgan fingerprint density at radius 2 is 2.00 bits per heavy atom. The first-order valence-electron chi connectivity index (χ1n) is 9.55. The molecule has 0 aliphatic carbocycles. The Hall–Kier alpha value is -2.68. The summed E-state index contributed by atoms with van der Waals surface area (Å²) in [5, 5.41) is 23.2. The second-order valence-corrected chi connectivity index (χ2v) is 7.82. The molecule has 0 spiro atoms. The van der Waals surface area contributed by atoms with Gasteiger partial charge in [-0.25, -0.2) is 0 Å². The van der Waals surface area contributed by atoms with Gasteiger partial charge in [-0.05, 0) is 30.3 Å². The maximum atomic E-state index is 12.6. The van der Waals surface area contributed by atoms with E-state index in [-0.39, 0.29) is 41.1 Å². The van der Waals surface area contributed by atoms with Crippen molar-refractivity contribution in [3.8, 4) is 17.2 Å². The summed E-state index contributed by atoms with van der Waals surface area (Å²) in [5.74, 6) is -0.335. The van der Waals surface area contributed by atoms with E-state index in [2.05, 4.69) is 5.32 Å². The van der Waals surface area contributed by atoms with E-state index in [1.807, 2.05) is 0 Å². The molecule has 1 aliphatic heterocycles. The molecule has 8 nitrogen and oxygen atoms in total. The van der Waals surface area contributed by atoms with Crippen LogP contribution in [0.3, 0.4) is 0 Å². The second kappa shape index (κ2) is 10.1. The van der Waals surface area contributed by atoms with Crippen molar-refractivity contribution in [2.24, 2.45) is 0 Å². The van der Waals surface area contributed by atoms with Gasteiger partial charge in [0.05, 0.1) is 17.1 Å². The number of likely N-dealkylation sites (tertiary alicyclic amines) is 1. The molecule has 0 aromatic heterocycles. The minimum atomic E-state index is -1.02. The number of phenols is 1. The number of phenolic OH excluding ortho intramolecular Hbond substituents is 1. The van der Waals surface area contributed by atoms with E-state index >= 15 is 0 Å². The van der Waals surface area contributed by atoms with Gasteiger partial charge in [0, 0.05) is 31.1 Å². The first-order chi connectivity index (χ1) is 14.8. The Labute approximate surface area is 189 Å². The van der Waals surface area contributed by atoms with Crippen molar-refractivity contribution in [2.75, 3.05) is 26.7 Å². The number of halogens is 2. The van der Waals surface area contributed by atoms with Gasteiger partial charge in [0.2, 0.25) is 0 Å². The number of amides is 2. The Morgan fingerprint density at radius 1 is 1.29 bits per heavy atom. The molecule has 1 heterocycles. The number of rotatable bonds is 8. The normalized spacial score (nSPS) is 16.8. The van der Waals surface area contributed by atoms with Crippen molar-refractivity contribution in [3.05, 3.63) is 52.0 Å². The number of β-amino-alcohol motifs (C(OH)–C–C–N with tert-alkyl or cyclic N) is 1. The summed E-state index contributed by atoms with van der Waals surface area (Å²) in [4.78, 5) is 26.1. The fraction of sp³-hybridized carbons (Fsp3) is 0.333. The van der Waals surface area contributed by atoms with Gasteiger partial charge in [0.25, 0.3) is 11.8 Å². The van der Waals surface area contributed by atoms with Crippen LogP contribution in [0.2, 0.25) is 10.0 Å². The van der Waals surface area contributed by atoms with Gasteiger partial charge in [-0.1, -0.05) is 23.2 Å². The molecular formula is C21H22Cl2N2O6. The van der Waals surface area contributed by atoms with Gasteiger partial charge in [-0.15, -0.1) is 0 Å². The lowest BCUT2D eigenvalue weighted by molar-refractivity contribution is -0.134. The minimum absolute atomic E-state index is 0.000825. The molecule has 1 fully saturated rings. The van der Waals surface area contributed by atoms with Crippen LogP contribution in [0.25, 0.3) is 0 Å². The number of carbonyl (C=O) groups excluding carboxylic acids is 2. The minimum Gasteiger partial charge on any atom is -0.506 e. The molecule has 2 atom stereocenters. The lowest BCUT2D eigenvalue weighted by atomic mass is 10.1. The molecular weight excluding hydrogens is 447 g/mol. The highest BCUT2D eigenvalue weighted by Crippen LogP contribution is 2.32. The highest BCUT2D eigenvalue weighted by Gasteiger charge is 2.34. The lowest BCUT2D eigenvalue weighted by Gasteiger charge is -2.21. The van der Waals surface area contributed by atoms with Crippen LogP contribution in [0.5, 0.6) is 17.2 Å². The number of aliphatic hydroxyl groups excluding tert-OH is 1. The molecule has 31 heavy (non-hydrogen) atoms. The summed E-state index contributed by atoms with van der Waals surface area (Å²) in [5.41, 5.74) is 0.117. The summed E-state index contributed by atoms with van der Waals surface area (Å²) >= 11 is 11.7. The zero-order chi connectivity index (χ0) is 22.5. The van der Waals surface area contributed by atoms with Crippen LogP contribution in [0.15, 0.2) is 36.4 Å². The number of hydrogen-bond acceptors (Lipinski definition) is 6. The molecule has 166 valence electrons. The van der Waals surface area contributed by atoms with Crippen LogP contribution in [0.1, 0.15) is 16.8 Å². The van der Waals surface area contributed by atoms with Crippen LogP contribution < -0.4 is 14.8 Å². The first-order valence-corrected chi connectivity index (χ1v) is 10.3. The van der Waals surface area contributed by atoms with E-state index < -0.39 is 18.1 Å². The highest BCUT2D eigenvalue weighted by molar-refractivity contribution is 6.32. The Morgan fingerprint density at radius 3 is 2.68 bits per heavy atom. The third kappa shape index (κ3) is 5.72. The molecule has 0 radical (unpaired) electrons. The maximum Gasteiger partial charge on any atom is 0.263 e. The monoisotopic (exact) mass is 468 g/mol. The third-order valence-electron chi connectivity index (χ3n) is 4.72. The van der Waals surface area contributed by atoms with Crippen molar-refractivity contribution in [1.29, 1.82) is 0 Å². The smallest absolute Gasteiger partial charge is 0.263 e. The molecule has 0 saturated carbocycles. The van der Waals surface area contributed by atoms with E-state index in [4.69, 9.17) is 32.7 Å². The van der Waals surface area contributed by atoms with Crippen LogP contribution in [-0.4, -0.2) is 65.9 Å². The van der Waals surface area contributed by atoms with Gasteiger partial charge in [0.15, 0.2) is 6.10 Å². The zero-order valence-electron chi connectivity index (χ0n) is 16.7. The number of aromatic hydroxyl groups is 1. The first kappa shape index (κ1) is 23.0. The highest BCUT2D eigenvalue weighted by atomic mass is 35.5. The van der Waals surface area contributed by atoms with Crippen molar-refractivity contribution in [2.45, 2.75) is 18.6 Å². The standard InChI is InChI=1S/C21H22Cl2N2O6/c1-24-20(28)15-8-16(23)17(27)9-19(15)30-11-13(26)10-25-7-6-18(21(25)29)31-14-4-2-12(22)3-5-14/h2-5,8-9,13,18,26-27H,6-7,10-11H2,1H3,(H,24,28)/t13-,18?/m0/s1. The van der Waals surface area contributed by atoms with Crippen LogP contribution in [0, 0.1) is 0 Å². The number of hydrogen-bond donors (Lipinski definition) is 3. The number of benzene rings is 2. The number of carbonyl (C=O) groups is 2. The molecule has 3 N–H and O–H groups in total. The quantitative estimate of drug-likeness (QED) is 0.549.